The number of thiazole rings is 1. The van der Waals surface area contributed by atoms with Crippen LogP contribution in [-0.2, 0) is 0 Å². The molecule has 2 heterocycles. The molecule has 1 saturated heterocycles. The molecule has 0 radical (unpaired) electrons. The standard InChI is InChI=1S/C10H16N4O2S/c1-13-5-3-2-4-8(13)6-11-10-12-7-9(17-10)14(15)16/h7-8H,2-6H2,1H3,(H,11,12). The molecule has 2 rings (SSSR count). The summed E-state index contributed by atoms with van der Waals surface area (Å²) in [7, 11) is 2.12. The molecule has 0 bridgehead atoms. The van der Waals surface area contributed by atoms with Crippen molar-refractivity contribution in [3.63, 3.8) is 0 Å². The Morgan fingerprint density at radius 2 is 2.53 bits per heavy atom. The Bertz CT molecular complexity index is 395. The summed E-state index contributed by atoms with van der Waals surface area (Å²) >= 11 is 1.09. The van der Waals surface area contributed by atoms with Gasteiger partial charge in [0.05, 0.1) is 4.92 Å². The van der Waals surface area contributed by atoms with Crippen LogP contribution in [-0.4, -0.2) is 41.0 Å². The van der Waals surface area contributed by atoms with Gasteiger partial charge >= 0.3 is 5.00 Å². The van der Waals surface area contributed by atoms with Gasteiger partial charge < -0.3 is 10.2 Å². The van der Waals surface area contributed by atoms with Crippen molar-refractivity contribution in [3.05, 3.63) is 16.3 Å². The second kappa shape index (κ2) is 5.42. The van der Waals surface area contributed by atoms with Gasteiger partial charge in [0.25, 0.3) is 0 Å². The van der Waals surface area contributed by atoms with Crippen LogP contribution in [0, 0.1) is 10.1 Å². The molecule has 94 valence electrons. The zero-order valence-electron chi connectivity index (χ0n) is 9.76. The maximum Gasteiger partial charge on any atom is 0.345 e. The van der Waals surface area contributed by atoms with Crippen molar-refractivity contribution in [2.45, 2.75) is 25.3 Å². The van der Waals surface area contributed by atoms with E-state index in [9.17, 15) is 10.1 Å². The lowest BCUT2D eigenvalue weighted by Crippen LogP contribution is -2.40. The van der Waals surface area contributed by atoms with Crippen LogP contribution in [0.1, 0.15) is 19.3 Å². The number of likely N-dealkylation sites (N-methyl/N-ethyl adjacent to an activating group) is 1. The molecule has 6 nitrogen and oxygen atoms in total. The monoisotopic (exact) mass is 256 g/mol. The van der Waals surface area contributed by atoms with E-state index >= 15 is 0 Å². The zero-order valence-corrected chi connectivity index (χ0v) is 10.6. The van der Waals surface area contributed by atoms with Gasteiger partial charge in [-0.05, 0) is 37.8 Å². The van der Waals surface area contributed by atoms with E-state index < -0.39 is 4.92 Å². The summed E-state index contributed by atoms with van der Waals surface area (Å²) in [4.78, 5) is 16.4. The minimum Gasteiger partial charge on any atom is -0.360 e. The van der Waals surface area contributed by atoms with Crippen molar-refractivity contribution >= 4 is 21.5 Å². The molecule has 1 aliphatic rings. The molecule has 0 spiro atoms. The first-order valence-corrected chi connectivity index (χ1v) is 6.53. The van der Waals surface area contributed by atoms with Crippen LogP contribution >= 0.6 is 11.3 Å². The van der Waals surface area contributed by atoms with Crippen molar-refractivity contribution in [1.82, 2.24) is 9.88 Å². The predicted octanol–water partition coefficient (Wildman–Crippen LogP) is 1.95. The van der Waals surface area contributed by atoms with Gasteiger partial charge in [-0.3, -0.25) is 10.1 Å². The fourth-order valence-electron chi connectivity index (χ4n) is 2.04. The first-order valence-electron chi connectivity index (χ1n) is 5.71. The largest absolute Gasteiger partial charge is 0.360 e. The van der Waals surface area contributed by atoms with Crippen LogP contribution in [0.25, 0.3) is 0 Å². The molecule has 1 aromatic heterocycles. The van der Waals surface area contributed by atoms with E-state index in [1.807, 2.05) is 0 Å². The molecular formula is C10H16N4O2S. The first-order chi connectivity index (χ1) is 8.16. The summed E-state index contributed by atoms with van der Waals surface area (Å²) in [5, 5.41) is 14.4. The minimum atomic E-state index is -0.407. The van der Waals surface area contributed by atoms with E-state index in [-0.39, 0.29) is 5.00 Å². The number of anilines is 1. The van der Waals surface area contributed by atoms with Gasteiger partial charge in [-0.2, -0.15) is 0 Å². The lowest BCUT2D eigenvalue weighted by molar-refractivity contribution is -0.380. The Balaban J connectivity index is 1.86. The van der Waals surface area contributed by atoms with E-state index in [0.717, 1.165) is 24.4 Å². The topological polar surface area (TPSA) is 71.3 Å². The predicted molar refractivity (Wildman–Crippen MR) is 67.5 cm³/mol. The van der Waals surface area contributed by atoms with Gasteiger partial charge in [0.15, 0.2) is 5.13 Å². The molecule has 1 atom stereocenters. The molecule has 1 fully saturated rings. The van der Waals surface area contributed by atoms with Crippen molar-refractivity contribution in [2.24, 2.45) is 0 Å². The van der Waals surface area contributed by atoms with Crippen LogP contribution in [0.5, 0.6) is 0 Å². The van der Waals surface area contributed by atoms with Gasteiger partial charge in [0.1, 0.15) is 6.20 Å². The Morgan fingerprint density at radius 1 is 1.71 bits per heavy atom. The highest BCUT2D eigenvalue weighted by Gasteiger charge is 2.19. The van der Waals surface area contributed by atoms with E-state index in [2.05, 4.69) is 22.2 Å². The van der Waals surface area contributed by atoms with E-state index in [1.165, 1.54) is 25.5 Å². The second-order valence-electron chi connectivity index (χ2n) is 4.27. The van der Waals surface area contributed by atoms with Crippen LogP contribution < -0.4 is 5.32 Å². The summed E-state index contributed by atoms with van der Waals surface area (Å²) in [6.07, 6.45) is 5.00. The third-order valence-electron chi connectivity index (χ3n) is 3.08. The van der Waals surface area contributed by atoms with Gasteiger partial charge in [-0.15, -0.1) is 0 Å². The van der Waals surface area contributed by atoms with Crippen LogP contribution in [0.15, 0.2) is 6.20 Å². The molecule has 17 heavy (non-hydrogen) atoms. The minimum absolute atomic E-state index is 0.0875. The highest BCUT2D eigenvalue weighted by molar-refractivity contribution is 7.18. The average Bonchev–Trinajstić information content (AvgIpc) is 2.77. The quantitative estimate of drug-likeness (QED) is 0.658. The molecule has 0 amide bonds. The smallest absolute Gasteiger partial charge is 0.345 e. The van der Waals surface area contributed by atoms with Crippen LogP contribution in [0.2, 0.25) is 0 Å². The summed E-state index contributed by atoms with van der Waals surface area (Å²) in [6.45, 7) is 1.94. The summed E-state index contributed by atoms with van der Waals surface area (Å²) in [5.74, 6) is 0. The SMILES string of the molecule is CN1CCCCC1CNc1ncc([N+](=O)[O-])s1. The molecule has 1 aliphatic heterocycles. The molecule has 0 aromatic carbocycles. The molecular weight excluding hydrogens is 240 g/mol. The van der Waals surface area contributed by atoms with Gasteiger partial charge in [0.2, 0.25) is 0 Å². The van der Waals surface area contributed by atoms with Crippen molar-refractivity contribution in [2.75, 3.05) is 25.5 Å². The summed E-state index contributed by atoms with van der Waals surface area (Å²) in [6, 6.07) is 0.506. The lowest BCUT2D eigenvalue weighted by Gasteiger charge is -2.32. The van der Waals surface area contributed by atoms with Crippen molar-refractivity contribution < 1.29 is 4.92 Å². The maximum absolute atomic E-state index is 10.5. The molecule has 1 aromatic rings. The molecule has 0 aliphatic carbocycles. The van der Waals surface area contributed by atoms with E-state index in [0.29, 0.717) is 11.2 Å². The van der Waals surface area contributed by atoms with Crippen LogP contribution in [0.3, 0.4) is 0 Å². The first kappa shape index (κ1) is 12.3. The average molecular weight is 256 g/mol. The summed E-state index contributed by atoms with van der Waals surface area (Å²) in [5.41, 5.74) is 0. The van der Waals surface area contributed by atoms with E-state index in [1.54, 1.807) is 0 Å². The number of rotatable bonds is 4. The second-order valence-corrected chi connectivity index (χ2v) is 5.28. The zero-order chi connectivity index (χ0) is 12.3. The Morgan fingerprint density at radius 3 is 3.18 bits per heavy atom. The molecule has 0 saturated carbocycles. The number of hydrogen-bond donors (Lipinski definition) is 1. The summed E-state index contributed by atoms with van der Waals surface area (Å²) < 4.78 is 0. The number of aromatic nitrogens is 1. The van der Waals surface area contributed by atoms with Crippen molar-refractivity contribution in [3.8, 4) is 0 Å². The third kappa shape index (κ3) is 3.13. The van der Waals surface area contributed by atoms with Gasteiger partial charge in [0, 0.05) is 12.6 Å². The Hall–Kier alpha value is -1.21. The lowest BCUT2D eigenvalue weighted by atomic mass is 10.0. The Labute approximate surface area is 104 Å². The molecule has 1 unspecified atom stereocenters. The highest BCUT2D eigenvalue weighted by Crippen LogP contribution is 2.25. The number of nitrogens with zero attached hydrogens (tertiary/aromatic N) is 3. The van der Waals surface area contributed by atoms with E-state index in [4.69, 9.17) is 0 Å². The highest BCUT2D eigenvalue weighted by atomic mass is 32.1. The number of nitro groups is 1. The fraction of sp³-hybridized carbons (Fsp3) is 0.700. The number of nitrogens with one attached hydrogen (secondary N) is 1. The van der Waals surface area contributed by atoms with Crippen LogP contribution in [0.4, 0.5) is 10.1 Å². The third-order valence-corrected chi connectivity index (χ3v) is 3.99. The maximum atomic E-state index is 10.5. The fourth-order valence-corrected chi connectivity index (χ4v) is 2.68. The number of hydrogen-bond acceptors (Lipinski definition) is 6. The molecule has 1 N–H and O–H groups in total. The van der Waals surface area contributed by atoms with Crippen molar-refractivity contribution in [1.29, 1.82) is 0 Å². The van der Waals surface area contributed by atoms with Gasteiger partial charge in [-0.25, -0.2) is 4.98 Å². The normalized spacial score (nSPS) is 21.4. The van der Waals surface area contributed by atoms with Gasteiger partial charge in [-0.1, -0.05) is 6.42 Å². The molecule has 7 heteroatoms. The number of piperidine rings is 1. The Kier molecular flexibility index (Phi) is 3.90. The number of likely N-dealkylation sites (tertiary alicyclic amines) is 1.